The number of hydrogen-bond acceptors (Lipinski definition) is 3. The zero-order valence-corrected chi connectivity index (χ0v) is 16.7. The van der Waals surface area contributed by atoms with Crippen molar-refractivity contribution in [3.8, 4) is 0 Å². The van der Waals surface area contributed by atoms with Gasteiger partial charge in [-0.2, -0.15) is 0 Å². The summed E-state index contributed by atoms with van der Waals surface area (Å²) in [5.74, 6) is 0.171. The van der Waals surface area contributed by atoms with E-state index in [1.807, 2.05) is 67.3 Å². The SMILES string of the molecule is Cc1ccc(C)c(NC(=O)[C@@H](NCCCN2CCCC2=O)c2ccccc2)c1. The number of nitrogens with one attached hydrogen (secondary N) is 2. The maximum atomic E-state index is 13.0. The minimum Gasteiger partial charge on any atom is -0.343 e. The van der Waals surface area contributed by atoms with Gasteiger partial charge in [0.15, 0.2) is 0 Å². The Labute approximate surface area is 167 Å². The van der Waals surface area contributed by atoms with E-state index < -0.39 is 6.04 Å². The Bertz CT molecular complexity index is 820. The highest BCUT2D eigenvalue weighted by atomic mass is 16.2. The van der Waals surface area contributed by atoms with E-state index in [-0.39, 0.29) is 11.8 Å². The number of likely N-dealkylation sites (tertiary alicyclic amines) is 1. The first-order chi connectivity index (χ1) is 13.5. The van der Waals surface area contributed by atoms with E-state index >= 15 is 0 Å². The molecule has 0 saturated carbocycles. The lowest BCUT2D eigenvalue weighted by Crippen LogP contribution is -2.35. The van der Waals surface area contributed by atoms with Gasteiger partial charge in [0, 0.05) is 25.2 Å². The molecule has 2 aromatic rings. The maximum Gasteiger partial charge on any atom is 0.246 e. The number of hydrogen-bond donors (Lipinski definition) is 2. The van der Waals surface area contributed by atoms with Gasteiger partial charge in [-0.15, -0.1) is 0 Å². The number of benzene rings is 2. The fraction of sp³-hybridized carbons (Fsp3) is 0.391. The van der Waals surface area contributed by atoms with Crippen molar-refractivity contribution in [1.82, 2.24) is 10.2 Å². The van der Waals surface area contributed by atoms with Crippen molar-refractivity contribution in [1.29, 1.82) is 0 Å². The average molecular weight is 380 g/mol. The van der Waals surface area contributed by atoms with Gasteiger partial charge in [0.2, 0.25) is 11.8 Å². The molecule has 0 aromatic heterocycles. The highest BCUT2D eigenvalue weighted by Crippen LogP contribution is 2.20. The summed E-state index contributed by atoms with van der Waals surface area (Å²) in [5.41, 5.74) is 3.93. The van der Waals surface area contributed by atoms with Crippen molar-refractivity contribution in [3.05, 3.63) is 65.2 Å². The molecule has 5 nitrogen and oxygen atoms in total. The smallest absolute Gasteiger partial charge is 0.246 e. The molecule has 2 N–H and O–H groups in total. The van der Waals surface area contributed by atoms with Crippen LogP contribution in [-0.2, 0) is 9.59 Å². The second-order valence-electron chi connectivity index (χ2n) is 7.44. The van der Waals surface area contributed by atoms with Gasteiger partial charge in [-0.1, -0.05) is 42.5 Å². The minimum absolute atomic E-state index is 0.0721. The average Bonchev–Trinajstić information content (AvgIpc) is 3.10. The fourth-order valence-electron chi connectivity index (χ4n) is 3.54. The highest BCUT2D eigenvalue weighted by molar-refractivity contribution is 5.96. The van der Waals surface area contributed by atoms with E-state index in [1.165, 1.54) is 0 Å². The van der Waals surface area contributed by atoms with E-state index in [0.29, 0.717) is 13.0 Å². The van der Waals surface area contributed by atoms with Crippen molar-refractivity contribution < 1.29 is 9.59 Å². The third-order valence-electron chi connectivity index (χ3n) is 5.17. The van der Waals surface area contributed by atoms with Crippen molar-refractivity contribution in [2.24, 2.45) is 0 Å². The quantitative estimate of drug-likeness (QED) is 0.689. The van der Waals surface area contributed by atoms with Crippen LogP contribution in [0.15, 0.2) is 48.5 Å². The van der Waals surface area contributed by atoms with Gasteiger partial charge >= 0.3 is 0 Å². The van der Waals surface area contributed by atoms with Gasteiger partial charge in [-0.05, 0) is 56.0 Å². The Hall–Kier alpha value is -2.66. The zero-order valence-electron chi connectivity index (χ0n) is 16.7. The molecule has 3 rings (SSSR count). The molecule has 1 aliphatic rings. The molecule has 1 saturated heterocycles. The normalized spacial score (nSPS) is 14.9. The Morgan fingerprint density at radius 2 is 1.93 bits per heavy atom. The summed E-state index contributed by atoms with van der Waals surface area (Å²) in [6.07, 6.45) is 2.45. The summed E-state index contributed by atoms with van der Waals surface area (Å²) in [6.45, 7) is 6.28. The number of aryl methyl sites for hydroxylation is 2. The number of amides is 2. The molecular formula is C23H29N3O2. The fourth-order valence-corrected chi connectivity index (χ4v) is 3.54. The molecule has 0 radical (unpaired) electrons. The summed E-state index contributed by atoms with van der Waals surface area (Å²) in [5, 5.41) is 6.45. The van der Waals surface area contributed by atoms with Crippen LogP contribution >= 0.6 is 0 Å². The zero-order chi connectivity index (χ0) is 19.9. The first kappa shape index (κ1) is 20.1. The van der Waals surface area contributed by atoms with Gasteiger partial charge in [-0.3, -0.25) is 9.59 Å². The van der Waals surface area contributed by atoms with Crippen LogP contribution in [0.4, 0.5) is 5.69 Å². The van der Waals surface area contributed by atoms with Gasteiger partial charge in [0.1, 0.15) is 6.04 Å². The van der Waals surface area contributed by atoms with E-state index in [4.69, 9.17) is 0 Å². The lowest BCUT2D eigenvalue weighted by Gasteiger charge is -2.21. The molecular weight excluding hydrogens is 350 g/mol. The molecule has 0 spiro atoms. The second kappa shape index (κ2) is 9.51. The van der Waals surface area contributed by atoms with Crippen LogP contribution in [0, 0.1) is 13.8 Å². The third-order valence-corrected chi connectivity index (χ3v) is 5.17. The van der Waals surface area contributed by atoms with Gasteiger partial charge in [0.25, 0.3) is 0 Å². The van der Waals surface area contributed by atoms with Crippen molar-refractivity contribution in [2.45, 2.75) is 39.2 Å². The molecule has 1 heterocycles. The summed E-state index contributed by atoms with van der Waals surface area (Å²) in [4.78, 5) is 26.7. The first-order valence-corrected chi connectivity index (χ1v) is 9.99. The van der Waals surface area contributed by atoms with Crippen LogP contribution in [-0.4, -0.2) is 36.3 Å². The molecule has 2 aromatic carbocycles. The van der Waals surface area contributed by atoms with Crippen molar-refractivity contribution in [2.75, 3.05) is 25.0 Å². The van der Waals surface area contributed by atoms with E-state index in [2.05, 4.69) is 10.6 Å². The predicted molar refractivity (Wildman–Crippen MR) is 112 cm³/mol. The predicted octanol–water partition coefficient (Wildman–Crippen LogP) is 3.59. The second-order valence-corrected chi connectivity index (χ2v) is 7.44. The van der Waals surface area contributed by atoms with Gasteiger partial charge in [0.05, 0.1) is 0 Å². The molecule has 148 valence electrons. The number of rotatable bonds is 8. The summed E-state index contributed by atoms with van der Waals surface area (Å²) >= 11 is 0. The Morgan fingerprint density at radius 3 is 2.64 bits per heavy atom. The Balaban J connectivity index is 1.64. The van der Waals surface area contributed by atoms with Crippen molar-refractivity contribution >= 4 is 17.5 Å². The number of carbonyl (C=O) groups is 2. The molecule has 28 heavy (non-hydrogen) atoms. The molecule has 1 aliphatic heterocycles. The standard InChI is InChI=1S/C23H29N3O2/c1-17-11-12-18(2)20(16-17)25-23(28)22(19-8-4-3-5-9-19)24-13-7-15-26-14-6-10-21(26)27/h3-5,8-9,11-12,16,22,24H,6-7,10,13-15H2,1-2H3,(H,25,28)/t22-/m0/s1. The summed E-state index contributed by atoms with van der Waals surface area (Å²) in [6, 6.07) is 15.4. The topological polar surface area (TPSA) is 61.4 Å². The van der Waals surface area contributed by atoms with E-state index in [0.717, 1.165) is 48.3 Å². The van der Waals surface area contributed by atoms with E-state index in [9.17, 15) is 9.59 Å². The van der Waals surface area contributed by atoms with Crippen molar-refractivity contribution in [3.63, 3.8) is 0 Å². The lowest BCUT2D eigenvalue weighted by molar-refractivity contribution is -0.127. The third kappa shape index (κ3) is 5.20. The summed E-state index contributed by atoms with van der Waals surface area (Å²) < 4.78 is 0. The molecule has 5 heteroatoms. The number of nitrogens with zero attached hydrogens (tertiary/aromatic N) is 1. The van der Waals surface area contributed by atoms with Crippen LogP contribution in [0.25, 0.3) is 0 Å². The van der Waals surface area contributed by atoms with Gasteiger partial charge in [-0.25, -0.2) is 0 Å². The van der Waals surface area contributed by atoms with Gasteiger partial charge < -0.3 is 15.5 Å². The number of carbonyl (C=O) groups excluding carboxylic acids is 2. The van der Waals surface area contributed by atoms with Crippen LogP contribution in [0.2, 0.25) is 0 Å². The molecule has 1 fully saturated rings. The molecule has 0 unspecified atom stereocenters. The molecule has 1 atom stereocenters. The van der Waals surface area contributed by atoms with Crippen LogP contribution in [0.5, 0.6) is 0 Å². The molecule has 2 amide bonds. The van der Waals surface area contributed by atoms with Crippen LogP contribution < -0.4 is 10.6 Å². The molecule has 0 aliphatic carbocycles. The number of anilines is 1. The van der Waals surface area contributed by atoms with Crippen LogP contribution in [0.1, 0.15) is 42.0 Å². The summed E-state index contributed by atoms with van der Waals surface area (Å²) in [7, 11) is 0. The van der Waals surface area contributed by atoms with Crippen LogP contribution in [0.3, 0.4) is 0 Å². The monoisotopic (exact) mass is 379 g/mol. The maximum absolute atomic E-state index is 13.0. The first-order valence-electron chi connectivity index (χ1n) is 9.99. The lowest BCUT2D eigenvalue weighted by atomic mass is 10.0. The van der Waals surface area contributed by atoms with E-state index in [1.54, 1.807) is 0 Å². The molecule has 0 bridgehead atoms. The Kier molecular flexibility index (Phi) is 6.82. The highest BCUT2D eigenvalue weighted by Gasteiger charge is 2.22. The largest absolute Gasteiger partial charge is 0.343 e. The minimum atomic E-state index is -0.435. The Morgan fingerprint density at radius 1 is 1.14 bits per heavy atom.